The third kappa shape index (κ3) is 2.82. The number of piperidine rings is 1. The van der Waals surface area contributed by atoms with E-state index in [0.29, 0.717) is 25.9 Å². The van der Waals surface area contributed by atoms with E-state index in [1.807, 2.05) is 24.3 Å². The molecule has 1 fully saturated rings. The van der Waals surface area contributed by atoms with Crippen molar-refractivity contribution in [2.24, 2.45) is 11.7 Å². The molecule has 0 spiro atoms. The molecule has 0 atom stereocenters. The van der Waals surface area contributed by atoms with Gasteiger partial charge in [-0.2, -0.15) is 0 Å². The van der Waals surface area contributed by atoms with Crippen LogP contribution in [0.2, 0.25) is 0 Å². The van der Waals surface area contributed by atoms with Gasteiger partial charge in [0, 0.05) is 22.6 Å². The van der Waals surface area contributed by atoms with Gasteiger partial charge in [0.1, 0.15) is 0 Å². The number of hydrogen-bond acceptors (Lipinski definition) is 2. The van der Waals surface area contributed by atoms with Crippen molar-refractivity contribution in [3.63, 3.8) is 0 Å². The second kappa shape index (κ2) is 5.69. The van der Waals surface area contributed by atoms with E-state index in [-0.39, 0.29) is 17.7 Å². The summed E-state index contributed by atoms with van der Waals surface area (Å²) in [5.41, 5.74) is 6.01. The molecule has 1 aliphatic heterocycles. The van der Waals surface area contributed by atoms with Crippen LogP contribution in [0.15, 0.2) is 24.3 Å². The third-order valence-corrected chi connectivity index (χ3v) is 4.23. The van der Waals surface area contributed by atoms with Crippen molar-refractivity contribution in [3.8, 4) is 0 Å². The Hall–Kier alpha value is -1.11. The molecule has 96 valence electrons. The Morgan fingerprint density at radius 2 is 1.83 bits per heavy atom. The maximum Gasteiger partial charge on any atom is 0.254 e. The largest absolute Gasteiger partial charge is 0.369 e. The summed E-state index contributed by atoms with van der Waals surface area (Å²) in [4.78, 5) is 25.2. The molecule has 0 aromatic heterocycles. The van der Waals surface area contributed by atoms with Crippen LogP contribution in [0, 0.1) is 9.49 Å². The van der Waals surface area contributed by atoms with Gasteiger partial charge in [0.2, 0.25) is 5.91 Å². The summed E-state index contributed by atoms with van der Waals surface area (Å²) in [5.74, 6) is -0.289. The van der Waals surface area contributed by atoms with Crippen LogP contribution in [-0.2, 0) is 4.79 Å². The zero-order valence-electron chi connectivity index (χ0n) is 9.93. The summed E-state index contributed by atoms with van der Waals surface area (Å²) in [5, 5.41) is 0. The number of halogens is 1. The van der Waals surface area contributed by atoms with Gasteiger partial charge in [-0.1, -0.05) is 12.1 Å². The van der Waals surface area contributed by atoms with Gasteiger partial charge < -0.3 is 10.6 Å². The number of primary amides is 1. The van der Waals surface area contributed by atoms with Crippen molar-refractivity contribution >= 4 is 34.4 Å². The maximum absolute atomic E-state index is 12.3. The minimum Gasteiger partial charge on any atom is -0.369 e. The van der Waals surface area contributed by atoms with E-state index >= 15 is 0 Å². The Morgan fingerprint density at radius 3 is 2.39 bits per heavy atom. The molecule has 1 aromatic rings. The quantitative estimate of drug-likeness (QED) is 0.817. The zero-order valence-corrected chi connectivity index (χ0v) is 12.1. The summed E-state index contributed by atoms with van der Waals surface area (Å²) in [7, 11) is 0. The number of nitrogens with two attached hydrogens (primary N) is 1. The van der Waals surface area contributed by atoms with Crippen LogP contribution >= 0.6 is 22.6 Å². The van der Waals surface area contributed by atoms with E-state index in [2.05, 4.69) is 22.6 Å². The van der Waals surface area contributed by atoms with E-state index in [1.165, 1.54) is 0 Å². The average molecular weight is 358 g/mol. The number of amides is 2. The molecule has 18 heavy (non-hydrogen) atoms. The van der Waals surface area contributed by atoms with Crippen LogP contribution in [0.4, 0.5) is 0 Å². The molecule has 2 N–H and O–H groups in total. The van der Waals surface area contributed by atoms with Gasteiger partial charge >= 0.3 is 0 Å². The Balaban J connectivity index is 2.04. The lowest BCUT2D eigenvalue weighted by molar-refractivity contribution is -0.123. The number of carbonyl (C=O) groups is 2. The Kier molecular flexibility index (Phi) is 4.21. The summed E-state index contributed by atoms with van der Waals surface area (Å²) in [6, 6.07) is 7.54. The first-order valence-electron chi connectivity index (χ1n) is 5.92. The molecule has 2 rings (SSSR count). The Labute approximate surface area is 120 Å². The SMILES string of the molecule is NC(=O)C1CCN(C(=O)c2ccccc2I)CC1. The number of hydrogen-bond donors (Lipinski definition) is 1. The molecule has 1 heterocycles. The lowest BCUT2D eigenvalue weighted by atomic mass is 9.96. The molecule has 4 nitrogen and oxygen atoms in total. The summed E-state index contributed by atoms with van der Waals surface area (Å²) in [6.45, 7) is 1.22. The van der Waals surface area contributed by atoms with Crippen LogP contribution in [0.25, 0.3) is 0 Å². The second-order valence-corrected chi connectivity index (χ2v) is 5.61. The van der Waals surface area contributed by atoms with E-state index < -0.39 is 0 Å². The standard InChI is InChI=1S/C13H15IN2O2/c14-11-4-2-1-3-10(11)13(18)16-7-5-9(6-8-16)12(15)17/h1-4,9H,5-8H2,(H2,15,17). The highest BCUT2D eigenvalue weighted by Crippen LogP contribution is 2.20. The fourth-order valence-corrected chi connectivity index (χ4v) is 2.79. The van der Waals surface area contributed by atoms with Gasteiger partial charge in [0.05, 0.1) is 5.56 Å². The van der Waals surface area contributed by atoms with Crippen LogP contribution in [0.1, 0.15) is 23.2 Å². The van der Waals surface area contributed by atoms with Crippen molar-refractivity contribution in [1.82, 2.24) is 4.90 Å². The molecule has 1 saturated heterocycles. The molecule has 0 bridgehead atoms. The number of benzene rings is 1. The van der Waals surface area contributed by atoms with Crippen LogP contribution in [0.3, 0.4) is 0 Å². The predicted molar refractivity (Wildman–Crippen MR) is 77.0 cm³/mol. The van der Waals surface area contributed by atoms with E-state index in [1.54, 1.807) is 4.90 Å². The molecular weight excluding hydrogens is 343 g/mol. The minimum atomic E-state index is -0.253. The zero-order chi connectivity index (χ0) is 13.1. The molecule has 2 amide bonds. The van der Waals surface area contributed by atoms with Crippen LogP contribution in [-0.4, -0.2) is 29.8 Å². The summed E-state index contributed by atoms with van der Waals surface area (Å²) < 4.78 is 0.956. The molecule has 0 radical (unpaired) electrons. The van der Waals surface area contributed by atoms with Crippen molar-refractivity contribution in [1.29, 1.82) is 0 Å². The highest BCUT2D eigenvalue weighted by Gasteiger charge is 2.26. The molecule has 1 aliphatic rings. The van der Waals surface area contributed by atoms with Crippen molar-refractivity contribution < 1.29 is 9.59 Å². The third-order valence-electron chi connectivity index (χ3n) is 3.29. The average Bonchev–Trinajstić information content (AvgIpc) is 2.38. The normalized spacial score (nSPS) is 16.6. The number of carbonyl (C=O) groups excluding carboxylic acids is 2. The Morgan fingerprint density at radius 1 is 1.22 bits per heavy atom. The van der Waals surface area contributed by atoms with Gasteiger partial charge in [0.15, 0.2) is 0 Å². The molecule has 1 aromatic carbocycles. The van der Waals surface area contributed by atoms with Gasteiger partial charge in [-0.15, -0.1) is 0 Å². The van der Waals surface area contributed by atoms with Crippen molar-refractivity contribution in [3.05, 3.63) is 33.4 Å². The topological polar surface area (TPSA) is 63.4 Å². The lowest BCUT2D eigenvalue weighted by Crippen LogP contribution is -2.41. The predicted octanol–water partition coefficient (Wildman–Crippen LogP) is 1.63. The second-order valence-electron chi connectivity index (χ2n) is 4.45. The van der Waals surface area contributed by atoms with E-state index in [4.69, 9.17) is 5.73 Å². The van der Waals surface area contributed by atoms with E-state index in [0.717, 1.165) is 9.13 Å². The van der Waals surface area contributed by atoms with Gasteiger partial charge in [-0.25, -0.2) is 0 Å². The maximum atomic E-state index is 12.3. The molecule has 0 saturated carbocycles. The fourth-order valence-electron chi connectivity index (χ4n) is 2.17. The first-order chi connectivity index (χ1) is 8.59. The first kappa shape index (κ1) is 13.3. The number of nitrogens with zero attached hydrogens (tertiary/aromatic N) is 1. The Bertz CT molecular complexity index is 468. The smallest absolute Gasteiger partial charge is 0.254 e. The number of likely N-dealkylation sites (tertiary alicyclic amines) is 1. The van der Waals surface area contributed by atoms with Gasteiger partial charge in [-0.05, 0) is 47.6 Å². The monoisotopic (exact) mass is 358 g/mol. The summed E-state index contributed by atoms with van der Waals surface area (Å²) in [6.07, 6.45) is 1.34. The first-order valence-corrected chi connectivity index (χ1v) is 7.00. The molecule has 0 aliphatic carbocycles. The van der Waals surface area contributed by atoms with Crippen molar-refractivity contribution in [2.45, 2.75) is 12.8 Å². The van der Waals surface area contributed by atoms with Crippen molar-refractivity contribution in [2.75, 3.05) is 13.1 Å². The number of rotatable bonds is 2. The van der Waals surface area contributed by atoms with E-state index in [9.17, 15) is 9.59 Å². The van der Waals surface area contributed by atoms with Crippen LogP contribution in [0.5, 0.6) is 0 Å². The van der Waals surface area contributed by atoms with Gasteiger partial charge in [0.25, 0.3) is 5.91 Å². The highest BCUT2D eigenvalue weighted by molar-refractivity contribution is 14.1. The molecule has 5 heteroatoms. The minimum absolute atomic E-state index is 0.0444. The summed E-state index contributed by atoms with van der Waals surface area (Å²) >= 11 is 2.16. The molecular formula is C13H15IN2O2. The lowest BCUT2D eigenvalue weighted by Gasteiger charge is -2.30. The van der Waals surface area contributed by atoms with Gasteiger partial charge in [-0.3, -0.25) is 9.59 Å². The molecule has 0 unspecified atom stereocenters. The van der Waals surface area contributed by atoms with Crippen LogP contribution < -0.4 is 5.73 Å². The fraction of sp³-hybridized carbons (Fsp3) is 0.385. The highest BCUT2D eigenvalue weighted by atomic mass is 127.